The number of rotatable bonds is 5. The molecule has 3 rings (SSSR count). The van der Waals surface area contributed by atoms with E-state index in [0.717, 1.165) is 37.3 Å². The summed E-state index contributed by atoms with van der Waals surface area (Å²) < 4.78 is 2.59. The molecule has 1 aliphatic carbocycles. The molecule has 0 spiro atoms. The van der Waals surface area contributed by atoms with Crippen molar-refractivity contribution in [1.29, 1.82) is 0 Å². The lowest BCUT2D eigenvalue weighted by molar-refractivity contribution is 0.248. The predicted octanol–water partition coefficient (Wildman–Crippen LogP) is 3.75. The first kappa shape index (κ1) is 18.8. The second-order valence-electron chi connectivity index (χ2n) is 7.16. The maximum atomic E-state index is 12.9. The Morgan fingerprint density at radius 2 is 1.92 bits per heavy atom. The number of aromatic nitrogens is 2. The number of aryl methyl sites for hydroxylation is 1. The van der Waals surface area contributed by atoms with Crippen LogP contribution in [0.4, 0.5) is 0 Å². The van der Waals surface area contributed by atoms with Crippen LogP contribution in [0.3, 0.4) is 0 Å². The second kappa shape index (κ2) is 8.12. The number of benzene rings is 1. The fourth-order valence-electron chi connectivity index (χ4n) is 3.93. The number of hydrogen-bond acceptors (Lipinski definition) is 3. The van der Waals surface area contributed by atoms with Crippen molar-refractivity contribution in [3.63, 3.8) is 0 Å². The van der Waals surface area contributed by atoms with E-state index in [2.05, 4.69) is 0 Å². The van der Waals surface area contributed by atoms with Gasteiger partial charge in [-0.2, -0.15) is 0 Å². The third-order valence-corrected chi connectivity index (χ3v) is 5.69. The van der Waals surface area contributed by atoms with Gasteiger partial charge in [0.1, 0.15) is 0 Å². The van der Waals surface area contributed by atoms with Crippen molar-refractivity contribution < 1.29 is 5.11 Å². The van der Waals surface area contributed by atoms with Crippen LogP contribution >= 0.6 is 11.6 Å². The minimum Gasteiger partial charge on any atom is -0.494 e. The monoisotopic (exact) mass is 376 g/mol. The summed E-state index contributed by atoms with van der Waals surface area (Å²) in [5.41, 5.74) is 0.113. The summed E-state index contributed by atoms with van der Waals surface area (Å²) in [6.45, 7) is 2.24. The van der Waals surface area contributed by atoms with E-state index in [1.807, 2.05) is 25.1 Å². The molecule has 6 heteroatoms. The summed E-state index contributed by atoms with van der Waals surface area (Å²) in [7, 11) is 0. The maximum absolute atomic E-state index is 12.9. The van der Waals surface area contributed by atoms with E-state index >= 15 is 0 Å². The van der Waals surface area contributed by atoms with Crippen LogP contribution in [0.1, 0.15) is 50.6 Å². The smallest absolute Gasteiger partial charge is 0.334 e. The normalized spacial score (nSPS) is 16.5. The van der Waals surface area contributed by atoms with Crippen molar-refractivity contribution in [1.82, 2.24) is 9.13 Å². The Labute approximate surface area is 157 Å². The molecule has 1 atom stereocenters. The van der Waals surface area contributed by atoms with Gasteiger partial charge >= 0.3 is 5.69 Å². The molecule has 0 unspecified atom stereocenters. The number of nitrogens with zero attached hydrogens (tertiary/aromatic N) is 2. The minimum atomic E-state index is -0.435. The first-order chi connectivity index (χ1) is 12.5. The standard InChI is InChI=1S/C20H25ClN2O3/c1-14(16-7-3-2-4-8-16)23-19(25)13-18(24)22(20(23)26)11-10-15-6-5-9-17(21)12-15/h5-6,9,12-14,16,24H,2-4,7-8,10-11H2,1H3/t14-/m1/s1. The van der Waals surface area contributed by atoms with Crippen LogP contribution in [0.25, 0.3) is 0 Å². The molecule has 0 aliphatic heterocycles. The second-order valence-corrected chi connectivity index (χ2v) is 7.60. The molecule has 26 heavy (non-hydrogen) atoms. The summed E-state index contributed by atoms with van der Waals surface area (Å²) in [6.07, 6.45) is 6.13. The molecule has 0 amide bonds. The molecule has 1 saturated carbocycles. The highest BCUT2D eigenvalue weighted by Gasteiger charge is 2.25. The Morgan fingerprint density at radius 3 is 2.62 bits per heavy atom. The Bertz CT molecular complexity index is 881. The van der Waals surface area contributed by atoms with Crippen LogP contribution in [0.15, 0.2) is 39.9 Å². The van der Waals surface area contributed by atoms with Crippen LogP contribution in [0.5, 0.6) is 5.88 Å². The van der Waals surface area contributed by atoms with Gasteiger partial charge in [0.2, 0.25) is 5.88 Å². The molecule has 1 aromatic carbocycles. The topological polar surface area (TPSA) is 64.2 Å². The quantitative estimate of drug-likeness (QED) is 0.864. The molecule has 0 saturated heterocycles. The van der Waals surface area contributed by atoms with Crippen LogP contribution in [0, 0.1) is 5.92 Å². The number of aromatic hydroxyl groups is 1. The summed E-state index contributed by atoms with van der Waals surface area (Å²) in [6, 6.07) is 8.40. The lowest BCUT2D eigenvalue weighted by atomic mass is 9.84. The maximum Gasteiger partial charge on any atom is 0.334 e. The first-order valence-corrected chi connectivity index (χ1v) is 9.65. The number of halogens is 1. The van der Waals surface area contributed by atoms with E-state index in [1.165, 1.54) is 15.6 Å². The fourth-order valence-corrected chi connectivity index (χ4v) is 4.14. The van der Waals surface area contributed by atoms with Crippen molar-refractivity contribution >= 4 is 11.6 Å². The van der Waals surface area contributed by atoms with Gasteiger partial charge < -0.3 is 5.11 Å². The molecule has 5 nitrogen and oxygen atoms in total. The first-order valence-electron chi connectivity index (χ1n) is 9.27. The third kappa shape index (κ3) is 4.04. The van der Waals surface area contributed by atoms with E-state index in [4.69, 9.17) is 11.6 Å². The lowest BCUT2D eigenvalue weighted by Crippen LogP contribution is -2.43. The molecule has 1 aliphatic rings. The highest BCUT2D eigenvalue weighted by atomic mass is 35.5. The van der Waals surface area contributed by atoms with E-state index < -0.39 is 11.2 Å². The average molecular weight is 377 g/mol. The van der Waals surface area contributed by atoms with Crippen LogP contribution < -0.4 is 11.2 Å². The average Bonchev–Trinajstić information content (AvgIpc) is 2.62. The molecule has 1 N–H and O–H groups in total. The third-order valence-electron chi connectivity index (χ3n) is 5.46. The van der Waals surface area contributed by atoms with Gasteiger partial charge in [0.05, 0.1) is 6.07 Å². The fraction of sp³-hybridized carbons (Fsp3) is 0.500. The van der Waals surface area contributed by atoms with Gasteiger partial charge in [0.25, 0.3) is 5.56 Å². The lowest BCUT2D eigenvalue weighted by Gasteiger charge is -2.28. The van der Waals surface area contributed by atoms with Crippen molar-refractivity contribution in [3.05, 3.63) is 61.8 Å². The van der Waals surface area contributed by atoms with Crippen molar-refractivity contribution in [2.45, 2.75) is 58.0 Å². The zero-order valence-electron chi connectivity index (χ0n) is 15.0. The van der Waals surface area contributed by atoms with Crippen LogP contribution in [0.2, 0.25) is 5.02 Å². The highest BCUT2D eigenvalue weighted by molar-refractivity contribution is 6.30. The largest absolute Gasteiger partial charge is 0.494 e. The Kier molecular flexibility index (Phi) is 5.87. The summed E-state index contributed by atoms with van der Waals surface area (Å²) in [5.74, 6) is 0.0502. The number of hydrogen-bond donors (Lipinski definition) is 1. The SMILES string of the molecule is C[C@H](C1CCCCC1)n1c(=O)cc(O)n(CCc2cccc(Cl)c2)c1=O. The van der Waals surface area contributed by atoms with Gasteiger partial charge in [-0.3, -0.25) is 13.9 Å². The Hall–Kier alpha value is -2.01. The predicted molar refractivity (Wildman–Crippen MR) is 103 cm³/mol. The zero-order chi connectivity index (χ0) is 18.7. The van der Waals surface area contributed by atoms with E-state index in [1.54, 1.807) is 6.07 Å². The van der Waals surface area contributed by atoms with Gasteiger partial charge in [-0.25, -0.2) is 4.79 Å². The molecule has 0 bridgehead atoms. The Balaban J connectivity index is 1.88. The van der Waals surface area contributed by atoms with E-state index in [9.17, 15) is 14.7 Å². The van der Waals surface area contributed by atoms with Crippen molar-refractivity contribution in [2.75, 3.05) is 0 Å². The molecule has 1 heterocycles. The molecule has 1 fully saturated rings. The molecular formula is C20H25ClN2O3. The van der Waals surface area contributed by atoms with Crippen molar-refractivity contribution in [3.8, 4) is 5.88 Å². The van der Waals surface area contributed by atoms with E-state index in [0.29, 0.717) is 23.9 Å². The van der Waals surface area contributed by atoms with Crippen LogP contribution in [-0.4, -0.2) is 14.2 Å². The van der Waals surface area contributed by atoms with E-state index in [-0.39, 0.29) is 11.9 Å². The van der Waals surface area contributed by atoms with Gasteiger partial charge in [-0.15, -0.1) is 0 Å². The molecule has 0 radical (unpaired) electrons. The van der Waals surface area contributed by atoms with Gasteiger partial charge in [-0.1, -0.05) is 43.0 Å². The Morgan fingerprint density at radius 1 is 1.19 bits per heavy atom. The molecule has 140 valence electrons. The molecule has 1 aromatic heterocycles. The van der Waals surface area contributed by atoms with Crippen LogP contribution in [-0.2, 0) is 13.0 Å². The summed E-state index contributed by atoms with van der Waals surface area (Å²) in [4.78, 5) is 25.3. The summed E-state index contributed by atoms with van der Waals surface area (Å²) in [5, 5.41) is 10.8. The molecule has 2 aromatic rings. The van der Waals surface area contributed by atoms with Gasteiger partial charge in [0, 0.05) is 17.6 Å². The summed E-state index contributed by atoms with van der Waals surface area (Å²) >= 11 is 6.00. The molecular weight excluding hydrogens is 352 g/mol. The van der Waals surface area contributed by atoms with Gasteiger partial charge in [0.15, 0.2) is 0 Å². The van der Waals surface area contributed by atoms with Gasteiger partial charge in [-0.05, 0) is 49.8 Å². The zero-order valence-corrected chi connectivity index (χ0v) is 15.8. The highest BCUT2D eigenvalue weighted by Crippen LogP contribution is 2.31. The minimum absolute atomic E-state index is 0.159. The van der Waals surface area contributed by atoms with Crippen molar-refractivity contribution in [2.24, 2.45) is 5.92 Å².